The molecule has 0 aliphatic rings. The maximum absolute atomic E-state index is 3.53. The minimum atomic E-state index is 1.13. The Kier molecular flexibility index (Phi) is 2.72. The van der Waals surface area contributed by atoms with Crippen LogP contribution in [0.25, 0.3) is 21.5 Å². The van der Waals surface area contributed by atoms with Crippen molar-refractivity contribution < 1.29 is 0 Å². The third-order valence-corrected chi connectivity index (χ3v) is 4.07. The SMILES string of the molecule is Cc1cc2cc(Br)ccc2c2ccc(Br)cc12. The molecule has 0 N–H and O–H groups in total. The Hall–Kier alpha value is -0.860. The molecule has 0 aliphatic carbocycles. The fourth-order valence-electron chi connectivity index (χ4n) is 2.29. The molecule has 3 aromatic carbocycles. The van der Waals surface area contributed by atoms with Crippen molar-refractivity contribution in [2.24, 2.45) is 0 Å². The van der Waals surface area contributed by atoms with E-state index in [9.17, 15) is 0 Å². The van der Waals surface area contributed by atoms with Crippen molar-refractivity contribution in [1.29, 1.82) is 0 Å². The minimum absolute atomic E-state index is 1.13. The Bertz CT molecular complexity index is 730. The number of hydrogen-bond donors (Lipinski definition) is 0. The number of aryl methyl sites for hydroxylation is 1. The summed E-state index contributed by atoms with van der Waals surface area (Å²) < 4.78 is 2.26. The maximum atomic E-state index is 3.53. The van der Waals surface area contributed by atoms with Crippen LogP contribution < -0.4 is 0 Å². The highest BCUT2D eigenvalue weighted by molar-refractivity contribution is 9.10. The quantitative estimate of drug-likeness (QED) is 0.448. The summed E-state index contributed by atoms with van der Waals surface area (Å²) in [7, 11) is 0. The lowest BCUT2D eigenvalue weighted by Gasteiger charge is -2.08. The van der Waals surface area contributed by atoms with Crippen LogP contribution in [-0.2, 0) is 0 Å². The van der Waals surface area contributed by atoms with E-state index in [0.29, 0.717) is 0 Å². The second-order valence-electron chi connectivity index (χ2n) is 4.25. The second kappa shape index (κ2) is 4.11. The van der Waals surface area contributed by atoms with Crippen molar-refractivity contribution in [1.82, 2.24) is 0 Å². The molecule has 0 spiro atoms. The van der Waals surface area contributed by atoms with Crippen LogP contribution in [0.3, 0.4) is 0 Å². The molecular weight excluding hydrogens is 340 g/mol. The van der Waals surface area contributed by atoms with Crippen LogP contribution in [0.5, 0.6) is 0 Å². The largest absolute Gasteiger partial charge is 0.0526 e. The first-order valence-electron chi connectivity index (χ1n) is 5.43. The van der Waals surface area contributed by atoms with Gasteiger partial charge in [0.05, 0.1) is 0 Å². The molecule has 2 heteroatoms. The molecule has 0 heterocycles. The van der Waals surface area contributed by atoms with E-state index in [-0.39, 0.29) is 0 Å². The average molecular weight is 350 g/mol. The maximum Gasteiger partial charge on any atom is 0.0181 e. The van der Waals surface area contributed by atoms with Gasteiger partial charge in [-0.2, -0.15) is 0 Å². The van der Waals surface area contributed by atoms with Gasteiger partial charge in [-0.1, -0.05) is 50.1 Å². The predicted molar refractivity (Wildman–Crippen MR) is 81.6 cm³/mol. The zero-order valence-corrected chi connectivity index (χ0v) is 12.5. The van der Waals surface area contributed by atoms with Gasteiger partial charge in [0, 0.05) is 8.95 Å². The van der Waals surface area contributed by atoms with Crippen molar-refractivity contribution >= 4 is 53.4 Å². The standard InChI is InChI=1S/C15H10Br2/c1-9-6-10-7-11(16)2-4-13(10)14-5-3-12(17)8-15(9)14/h2-8H,1H3. The lowest BCUT2D eigenvalue weighted by Crippen LogP contribution is -1.82. The third-order valence-electron chi connectivity index (χ3n) is 3.08. The van der Waals surface area contributed by atoms with Gasteiger partial charge in [0.15, 0.2) is 0 Å². The van der Waals surface area contributed by atoms with Crippen LogP contribution in [0, 0.1) is 6.92 Å². The molecule has 0 saturated carbocycles. The average Bonchev–Trinajstić information content (AvgIpc) is 2.29. The van der Waals surface area contributed by atoms with Crippen molar-refractivity contribution in [3.05, 3.63) is 57.0 Å². The first-order chi connectivity index (χ1) is 8.15. The van der Waals surface area contributed by atoms with Crippen molar-refractivity contribution in [3.8, 4) is 0 Å². The summed E-state index contributed by atoms with van der Waals surface area (Å²) in [5.41, 5.74) is 1.31. The van der Waals surface area contributed by atoms with Crippen LogP contribution in [0.1, 0.15) is 5.56 Å². The van der Waals surface area contributed by atoms with Gasteiger partial charge in [-0.3, -0.25) is 0 Å². The number of halogens is 2. The highest BCUT2D eigenvalue weighted by Gasteiger charge is 2.04. The summed E-state index contributed by atoms with van der Waals surface area (Å²) in [6.45, 7) is 2.16. The summed E-state index contributed by atoms with van der Waals surface area (Å²) in [6.07, 6.45) is 0. The Labute approximate surface area is 117 Å². The minimum Gasteiger partial charge on any atom is -0.0526 e. The van der Waals surface area contributed by atoms with Gasteiger partial charge >= 0.3 is 0 Å². The Morgan fingerprint density at radius 2 is 1.35 bits per heavy atom. The molecule has 84 valence electrons. The Morgan fingerprint density at radius 1 is 0.706 bits per heavy atom. The molecule has 3 rings (SSSR count). The van der Waals surface area contributed by atoms with Crippen LogP contribution in [0.2, 0.25) is 0 Å². The van der Waals surface area contributed by atoms with Crippen LogP contribution in [0.15, 0.2) is 51.4 Å². The monoisotopic (exact) mass is 348 g/mol. The van der Waals surface area contributed by atoms with Gasteiger partial charge in [-0.15, -0.1) is 0 Å². The zero-order valence-electron chi connectivity index (χ0n) is 9.30. The van der Waals surface area contributed by atoms with E-state index in [1.807, 2.05) is 0 Å². The number of benzene rings is 3. The first-order valence-corrected chi connectivity index (χ1v) is 7.02. The second-order valence-corrected chi connectivity index (χ2v) is 6.08. The molecule has 0 aliphatic heterocycles. The topological polar surface area (TPSA) is 0 Å². The summed E-state index contributed by atoms with van der Waals surface area (Å²) in [4.78, 5) is 0. The van der Waals surface area contributed by atoms with Gasteiger partial charge in [-0.25, -0.2) is 0 Å². The molecule has 0 unspecified atom stereocenters. The molecule has 3 aromatic rings. The van der Waals surface area contributed by atoms with E-state index in [1.54, 1.807) is 0 Å². The molecule has 0 nitrogen and oxygen atoms in total. The normalized spacial score (nSPS) is 11.2. The van der Waals surface area contributed by atoms with Gasteiger partial charge in [-0.05, 0) is 58.3 Å². The van der Waals surface area contributed by atoms with E-state index in [1.165, 1.54) is 27.1 Å². The van der Waals surface area contributed by atoms with Crippen LogP contribution >= 0.6 is 31.9 Å². The first kappa shape index (κ1) is 11.2. The predicted octanol–water partition coefficient (Wildman–Crippen LogP) is 5.83. The molecular formula is C15H10Br2. The van der Waals surface area contributed by atoms with Crippen molar-refractivity contribution in [3.63, 3.8) is 0 Å². The van der Waals surface area contributed by atoms with E-state index in [4.69, 9.17) is 0 Å². The van der Waals surface area contributed by atoms with Gasteiger partial charge in [0.2, 0.25) is 0 Å². The number of rotatable bonds is 0. The van der Waals surface area contributed by atoms with E-state index < -0.39 is 0 Å². The highest BCUT2D eigenvalue weighted by atomic mass is 79.9. The van der Waals surface area contributed by atoms with E-state index in [0.717, 1.165) is 8.95 Å². The third kappa shape index (κ3) is 1.90. The molecule has 0 radical (unpaired) electrons. The Balaban J connectivity index is 2.55. The summed E-state index contributed by atoms with van der Waals surface area (Å²) >= 11 is 7.06. The lowest BCUT2D eigenvalue weighted by atomic mass is 9.98. The lowest BCUT2D eigenvalue weighted by molar-refractivity contribution is 1.54. The molecule has 0 atom stereocenters. The number of hydrogen-bond acceptors (Lipinski definition) is 0. The Morgan fingerprint density at radius 3 is 2.12 bits per heavy atom. The molecule has 0 fully saturated rings. The zero-order chi connectivity index (χ0) is 12.0. The summed E-state index contributed by atoms with van der Waals surface area (Å²) in [5.74, 6) is 0. The molecule has 0 aromatic heterocycles. The van der Waals surface area contributed by atoms with Crippen molar-refractivity contribution in [2.45, 2.75) is 6.92 Å². The van der Waals surface area contributed by atoms with Crippen molar-refractivity contribution in [2.75, 3.05) is 0 Å². The van der Waals surface area contributed by atoms with Crippen LogP contribution in [0.4, 0.5) is 0 Å². The number of fused-ring (bicyclic) bond motifs is 3. The summed E-state index contributed by atoms with van der Waals surface area (Å²) in [5, 5.41) is 5.22. The summed E-state index contributed by atoms with van der Waals surface area (Å²) in [6, 6.07) is 15.2. The smallest absolute Gasteiger partial charge is 0.0181 e. The molecule has 0 saturated heterocycles. The fraction of sp³-hybridized carbons (Fsp3) is 0.0667. The van der Waals surface area contributed by atoms with E-state index in [2.05, 4.69) is 81.2 Å². The van der Waals surface area contributed by atoms with Gasteiger partial charge in [0.1, 0.15) is 0 Å². The van der Waals surface area contributed by atoms with Gasteiger partial charge in [0.25, 0.3) is 0 Å². The molecule has 0 bridgehead atoms. The van der Waals surface area contributed by atoms with E-state index >= 15 is 0 Å². The van der Waals surface area contributed by atoms with Crippen LogP contribution in [-0.4, -0.2) is 0 Å². The van der Waals surface area contributed by atoms with Gasteiger partial charge < -0.3 is 0 Å². The molecule has 17 heavy (non-hydrogen) atoms. The molecule has 0 amide bonds. The highest BCUT2D eigenvalue weighted by Crippen LogP contribution is 2.31. The fourth-order valence-corrected chi connectivity index (χ4v) is 3.03.